The summed E-state index contributed by atoms with van der Waals surface area (Å²) in [5.74, 6) is 1.06. The van der Waals surface area contributed by atoms with Gasteiger partial charge in [-0.2, -0.15) is 4.99 Å². The van der Waals surface area contributed by atoms with Crippen molar-refractivity contribution in [3.8, 4) is 11.5 Å². The Morgan fingerprint density at radius 2 is 1.92 bits per heavy atom. The summed E-state index contributed by atoms with van der Waals surface area (Å²) in [6.07, 6.45) is 1.83. The number of aliphatic hydroxyl groups excluding tert-OH is 1. The standard InChI is InChI=1S/C18H23N3O4S/c1-24-14-4-3-13(11-15(14)25-2)12-16-17(23)19-18(26-16)21-7-5-20(6-8-21)9-10-22/h3-4,11-12,22H,5-10H2,1-2H3/b16-12+. The maximum absolute atomic E-state index is 12.3. The summed E-state index contributed by atoms with van der Waals surface area (Å²) in [4.78, 5) is 21.4. The maximum atomic E-state index is 12.3. The zero-order valence-corrected chi connectivity index (χ0v) is 15.8. The van der Waals surface area contributed by atoms with Crippen molar-refractivity contribution < 1.29 is 19.4 Å². The molecule has 140 valence electrons. The van der Waals surface area contributed by atoms with Gasteiger partial charge in [0.2, 0.25) is 0 Å². The van der Waals surface area contributed by atoms with E-state index in [9.17, 15) is 4.79 Å². The monoisotopic (exact) mass is 377 g/mol. The molecule has 26 heavy (non-hydrogen) atoms. The van der Waals surface area contributed by atoms with Crippen molar-refractivity contribution in [2.75, 3.05) is 53.6 Å². The van der Waals surface area contributed by atoms with Gasteiger partial charge in [-0.05, 0) is 35.5 Å². The lowest BCUT2D eigenvalue weighted by Crippen LogP contribution is -2.48. The Bertz CT molecular complexity index is 727. The second kappa shape index (κ2) is 8.57. The van der Waals surface area contributed by atoms with Crippen LogP contribution in [0.5, 0.6) is 11.5 Å². The molecule has 0 atom stereocenters. The Labute approximate surface area is 157 Å². The minimum atomic E-state index is -0.211. The molecule has 1 fully saturated rings. The predicted octanol–water partition coefficient (Wildman–Crippen LogP) is 1.28. The SMILES string of the molecule is COc1ccc(/C=C2/SC(N3CCN(CCO)CC3)=NC2=O)cc1OC. The molecular formula is C18H23N3O4S. The molecule has 0 saturated carbocycles. The summed E-state index contributed by atoms with van der Waals surface area (Å²) in [5, 5.41) is 9.78. The Hall–Kier alpha value is -2.03. The lowest BCUT2D eigenvalue weighted by atomic mass is 10.2. The van der Waals surface area contributed by atoms with Gasteiger partial charge >= 0.3 is 0 Å². The van der Waals surface area contributed by atoms with E-state index in [0.717, 1.165) is 36.9 Å². The van der Waals surface area contributed by atoms with Gasteiger partial charge in [0.1, 0.15) is 0 Å². The number of nitrogens with zero attached hydrogens (tertiary/aromatic N) is 3. The number of methoxy groups -OCH3 is 2. The molecule has 3 rings (SSSR count). The first-order valence-electron chi connectivity index (χ1n) is 8.47. The van der Waals surface area contributed by atoms with Crippen LogP contribution in [0.2, 0.25) is 0 Å². The van der Waals surface area contributed by atoms with E-state index in [1.165, 1.54) is 11.8 Å². The third-order valence-electron chi connectivity index (χ3n) is 4.37. The normalized spacial score (nSPS) is 19.8. The van der Waals surface area contributed by atoms with Gasteiger partial charge in [-0.3, -0.25) is 9.69 Å². The maximum Gasteiger partial charge on any atom is 0.286 e. The number of aliphatic imine (C=N–C) groups is 1. The zero-order chi connectivity index (χ0) is 18.5. The van der Waals surface area contributed by atoms with E-state index in [2.05, 4.69) is 14.8 Å². The molecule has 1 aromatic carbocycles. The van der Waals surface area contributed by atoms with Gasteiger partial charge in [-0.15, -0.1) is 0 Å². The van der Waals surface area contributed by atoms with Gasteiger partial charge in [-0.1, -0.05) is 6.07 Å². The molecular weight excluding hydrogens is 354 g/mol. The summed E-state index contributed by atoms with van der Waals surface area (Å²) in [6, 6.07) is 5.54. The number of piperazine rings is 1. The highest BCUT2D eigenvalue weighted by atomic mass is 32.2. The molecule has 7 nitrogen and oxygen atoms in total. The Kier molecular flexibility index (Phi) is 6.18. The van der Waals surface area contributed by atoms with Gasteiger partial charge < -0.3 is 19.5 Å². The number of β-amino-alcohol motifs (C(OH)–C–C–N with tert-alkyl or cyclic N) is 1. The molecule has 0 aliphatic carbocycles. The molecule has 0 bridgehead atoms. The van der Waals surface area contributed by atoms with E-state index < -0.39 is 0 Å². The van der Waals surface area contributed by atoms with Crippen LogP contribution in [0.25, 0.3) is 6.08 Å². The largest absolute Gasteiger partial charge is 0.493 e. The molecule has 0 aromatic heterocycles. The smallest absolute Gasteiger partial charge is 0.286 e. The molecule has 1 aromatic rings. The quantitative estimate of drug-likeness (QED) is 0.775. The number of amides is 1. The number of amidine groups is 1. The van der Waals surface area contributed by atoms with E-state index in [4.69, 9.17) is 14.6 Å². The highest BCUT2D eigenvalue weighted by Gasteiger charge is 2.28. The molecule has 0 radical (unpaired) electrons. The first kappa shape index (κ1) is 18.8. The van der Waals surface area contributed by atoms with E-state index >= 15 is 0 Å². The number of carbonyl (C=O) groups excluding carboxylic acids is 1. The lowest BCUT2D eigenvalue weighted by molar-refractivity contribution is -0.113. The van der Waals surface area contributed by atoms with Crippen molar-refractivity contribution in [2.24, 2.45) is 4.99 Å². The average molecular weight is 377 g/mol. The third-order valence-corrected chi connectivity index (χ3v) is 5.42. The van der Waals surface area contributed by atoms with Gasteiger partial charge in [0.05, 0.1) is 25.7 Å². The van der Waals surface area contributed by atoms with Crippen LogP contribution in [0.15, 0.2) is 28.1 Å². The molecule has 1 saturated heterocycles. The number of carbonyl (C=O) groups is 1. The van der Waals surface area contributed by atoms with E-state index in [1.807, 2.05) is 24.3 Å². The second-order valence-corrected chi connectivity index (χ2v) is 6.99. The third kappa shape index (κ3) is 4.20. The Morgan fingerprint density at radius 1 is 1.19 bits per heavy atom. The Balaban J connectivity index is 1.67. The van der Waals surface area contributed by atoms with Gasteiger partial charge in [-0.25, -0.2) is 0 Å². The summed E-state index contributed by atoms with van der Waals surface area (Å²) in [5.41, 5.74) is 0.864. The van der Waals surface area contributed by atoms with E-state index in [-0.39, 0.29) is 12.5 Å². The molecule has 1 N–H and O–H groups in total. The van der Waals surface area contributed by atoms with Crippen molar-refractivity contribution in [1.29, 1.82) is 0 Å². The van der Waals surface area contributed by atoms with Crippen molar-refractivity contribution in [2.45, 2.75) is 0 Å². The minimum Gasteiger partial charge on any atom is -0.493 e. The fraction of sp³-hybridized carbons (Fsp3) is 0.444. The number of ether oxygens (including phenoxy) is 2. The summed E-state index contributed by atoms with van der Waals surface area (Å²) < 4.78 is 10.5. The van der Waals surface area contributed by atoms with Crippen molar-refractivity contribution >= 4 is 28.9 Å². The molecule has 0 unspecified atom stereocenters. The van der Waals surface area contributed by atoms with Crippen LogP contribution in [-0.2, 0) is 4.79 Å². The fourth-order valence-electron chi connectivity index (χ4n) is 2.93. The van der Waals surface area contributed by atoms with E-state index in [1.54, 1.807) is 14.2 Å². The first-order valence-corrected chi connectivity index (χ1v) is 9.29. The fourth-order valence-corrected chi connectivity index (χ4v) is 3.90. The highest BCUT2D eigenvalue weighted by molar-refractivity contribution is 8.18. The summed E-state index contributed by atoms with van der Waals surface area (Å²) >= 11 is 1.41. The van der Waals surface area contributed by atoms with Gasteiger partial charge in [0.25, 0.3) is 5.91 Å². The second-order valence-electron chi connectivity index (χ2n) is 5.98. The number of benzene rings is 1. The lowest BCUT2D eigenvalue weighted by Gasteiger charge is -2.34. The number of hydrogen-bond acceptors (Lipinski definition) is 7. The molecule has 2 heterocycles. The highest BCUT2D eigenvalue weighted by Crippen LogP contribution is 2.33. The average Bonchev–Trinajstić information content (AvgIpc) is 3.03. The Morgan fingerprint density at radius 3 is 2.58 bits per heavy atom. The summed E-state index contributed by atoms with van der Waals surface area (Å²) in [6.45, 7) is 4.21. The molecule has 0 spiro atoms. The number of hydrogen-bond donors (Lipinski definition) is 1. The number of thioether (sulfide) groups is 1. The van der Waals surface area contributed by atoms with Gasteiger partial charge in [0.15, 0.2) is 16.7 Å². The minimum absolute atomic E-state index is 0.173. The zero-order valence-electron chi connectivity index (χ0n) is 15.0. The van der Waals surface area contributed by atoms with Crippen LogP contribution >= 0.6 is 11.8 Å². The topological polar surface area (TPSA) is 74.6 Å². The number of rotatable bonds is 5. The first-order chi connectivity index (χ1) is 12.6. The van der Waals surface area contributed by atoms with E-state index in [0.29, 0.717) is 22.9 Å². The predicted molar refractivity (Wildman–Crippen MR) is 103 cm³/mol. The number of aliphatic hydroxyl groups is 1. The molecule has 8 heteroatoms. The van der Waals surface area contributed by atoms with Crippen LogP contribution in [-0.4, -0.2) is 79.5 Å². The van der Waals surface area contributed by atoms with Gasteiger partial charge in [0, 0.05) is 32.7 Å². The molecule has 2 aliphatic rings. The van der Waals surface area contributed by atoms with Crippen molar-refractivity contribution in [1.82, 2.24) is 9.80 Å². The van der Waals surface area contributed by atoms with Crippen LogP contribution in [0.4, 0.5) is 0 Å². The summed E-state index contributed by atoms with van der Waals surface area (Å²) in [7, 11) is 3.18. The van der Waals surface area contributed by atoms with Crippen LogP contribution in [0, 0.1) is 0 Å². The van der Waals surface area contributed by atoms with Crippen LogP contribution in [0.1, 0.15) is 5.56 Å². The van der Waals surface area contributed by atoms with Crippen LogP contribution < -0.4 is 9.47 Å². The van der Waals surface area contributed by atoms with Crippen LogP contribution in [0.3, 0.4) is 0 Å². The van der Waals surface area contributed by atoms with Crippen molar-refractivity contribution in [3.63, 3.8) is 0 Å². The molecule has 2 aliphatic heterocycles. The van der Waals surface area contributed by atoms with Crippen molar-refractivity contribution in [3.05, 3.63) is 28.7 Å². The molecule has 1 amide bonds.